The SMILES string of the molecule is NC(=O)[C@H](c1ccc(F)cc1)N1C[C@H]2CCC[C@@]2(c2nc(-c3cnccn3)no2)C1. The summed E-state index contributed by atoms with van der Waals surface area (Å²) in [5, 5.41) is 4.12. The monoisotopic (exact) mass is 408 g/mol. The molecule has 3 aromatic rings. The van der Waals surface area contributed by atoms with Crippen molar-refractivity contribution >= 4 is 5.91 Å². The van der Waals surface area contributed by atoms with E-state index in [1.54, 1.807) is 30.7 Å². The van der Waals surface area contributed by atoms with Gasteiger partial charge in [0.15, 0.2) is 0 Å². The summed E-state index contributed by atoms with van der Waals surface area (Å²) in [5.41, 5.74) is 6.66. The van der Waals surface area contributed by atoms with Crippen molar-refractivity contribution in [1.82, 2.24) is 25.0 Å². The van der Waals surface area contributed by atoms with E-state index in [0.717, 1.165) is 19.3 Å². The number of carbonyl (C=O) groups is 1. The third kappa shape index (κ3) is 3.06. The highest BCUT2D eigenvalue weighted by molar-refractivity contribution is 5.81. The van der Waals surface area contributed by atoms with Gasteiger partial charge in [0.05, 0.1) is 11.6 Å². The number of benzene rings is 1. The first kappa shape index (κ1) is 18.8. The molecule has 1 amide bonds. The van der Waals surface area contributed by atoms with Gasteiger partial charge in [-0.25, -0.2) is 9.37 Å². The van der Waals surface area contributed by atoms with Crippen LogP contribution in [0.25, 0.3) is 11.5 Å². The number of fused-ring (bicyclic) bond motifs is 1. The molecule has 30 heavy (non-hydrogen) atoms. The largest absolute Gasteiger partial charge is 0.368 e. The Morgan fingerprint density at radius 1 is 1.30 bits per heavy atom. The number of halogens is 1. The van der Waals surface area contributed by atoms with Gasteiger partial charge in [0.25, 0.3) is 0 Å². The molecule has 0 spiro atoms. The Morgan fingerprint density at radius 2 is 2.13 bits per heavy atom. The van der Waals surface area contributed by atoms with Crippen LogP contribution in [0.15, 0.2) is 47.4 Å². The van der Waals surface area contributed by atoms with Crippen LogP contribution in [0, 0.1) is 11.7 Å². The standard InChI is InChI=1S/C21H21FN6O2/c22-15-5-3-13(4-6-15)17(18(23)29)28-11-14-2-1-7-21(14,12-28)20-26-19(27-30-20)16-10-24-8-9-25-16/h3-6,8-10,14,17H,1-2,7,11-12H2,(H2,23,29)/t14-,17+,21-/m1/s1. The summed E-state index contributed by atoms with van der Waals surface area (Å²) < 4.78 is 19.1. The lowest BCUT2D eigenvalue weighted by molar-refractivity contribution is -0.123. The van der Waals surface area contributed by atoms with E-state index in [0.29, 0.717) is 36.1 Å². The van der Waals surface area contributed by atoms with Crippen molar-refractivity contribution in [1.29, 1.82) is 0 Å². The lowest BCUT2D eigenvalue weighted by Gasteiger charge is -2.28. The van der Waals surface area contributed by atoms with Gasteiger partial charge in [0, 0.05) is 25.5 Å². The highest BCUT2D eigenvalue weighted by Crippen LogP contribution is 2.51. The van der Waals surface area contributed by atoms with Crippen molar-refractivity contribution in [3.8, 4) is 11.5 Å². The number of nitrogens with two attached hydrogens (primary N) is 1. The molecule has 2 N–H and O–H groups in total. The Morgan fingerprint density at radius 3 is 2.87 bits per heavy atom. The van der Waals surface area contributed by atoms with E-state index < -0.39 is 11.9 Å². The molecule has 2 fully saturated rings. The Hall–Kier alpha value is -3.20. The quantitative estimate of drug-likeness (QED) is 0.689. The van der Waals surface area contributed by atoms with Gasteiger partial charge in [-0.15, -0.1) is 0 Å². The number of carbonyl (C=O) groups excluding carboxylic acids is 1. The number of primary amides is 1. The van der Waals surface area contributed by atoms with Gasteiger partial charge >= 0.3 is 0 Å². The Bertz CT molecular complexity index is 1060. The maximum Gasteiger partial charge on any atom is 0.239 e. The number of rotatable bonds is 5. The van der Waals surface area contributed by atoms with Gasteiger partial charge in [-0.3, -0.25) is 14.7 Å². The van der Waals surface area contributed by atoms with Crippen molar-refractivity contribution in [3.63, 3.8) is 0 Å². The van der Waals surface area contributed by atoms with Crippen molar-refractivity contribution in [2.24, 2.45) is 11.7 Å². The average molecular weight is 408 g/mol. The van der Waals surface area contributed by atoms with Crippen LogP contribution in [0.3, 0.4) is 0 Å². The Kier molecular flexibility index (Phi) is 4.54. The summed E-state index contributed by atoms with van der Waals surface area (Å²) in [7, 11) is 0. The van der Waals surface area contributed by atoms with Gasteiger partial charge in [0.2, 0.25) is 17.6 Å². The molecule has 1 aliphatic heterocycles. The van der Waals surface area contributed by atoms with E-state index in [9.17, 15) is 9.18 Å². The van der Waals surface area contributed by atoms with Crippen LogP contribution in [0.4, 0.5) is 4.39 Å². The van der Waals surface area contributed by atoms with Gasteiger partial charge in [-0.05, 0) is 36.5 Å². The first-order chi connectivity index (χ1) is 14.6. The van der Waals surface area contributed by atoms with Crippen LogP contribution in [0.1, 0.15) is 36.8 Å². The fourth-order valence-corrected chi connectivity index (χ4v) is 5.02. The van der Waals surface area contributed by atoms with E-state index in [1.165, 1.54) is 12.1 Å². The minimum Gasteiger partial charge on any atom is -0.368 e. The maximum absolute atomic E-state index is 13.4. The number of amides is 1. The maximum atomic E-state index is 13.4. The van der Waals surface area contributed by atoms with Crippen LogP contribution >= 0.6 is 0 Å². The van der Waals surface area contributed by atoms with Crippen LogP contribution < -0.4 is 5.73 Å². The number of aromatic nitrogens is 4. The molecule has 0 bridgehead atoms. The molecular weight excluding hydrogens is 387 g/mol. The summed E-state index contributed by atoms with van der Waals surface area (Å²) in [5.74, 6) is 0.439. The molecule has 3 atom stereocenters. The smallest absolute Gasteiger partial charge is 0.239 e. The molecule has 3 heterocycles. The van der Waals surface area contributed by atoms with E-state index in [4.69, 9.17) is 10.3 Å². The second-order valence-corrected chi connectivity index (χ2v) is 8.04. The number of nitrogens with zero attached hydrogens (tertiary/aromatic N) is 5. The minimum atomic E-state index is -0.629. The van der Waals surface area contributed by atoms with E-state index in [1.807, 2.05) is 0 Å². The Labute approximate surface area is 172 Å². The zero-order valence-electron chi connectivity index (χ0n) is 16.2. The predicted molar refractivity (Wildman–Crippen MR) is 104 cm³/mol. The topological polar surface area (TPSA) is 111 Å². The second kappa shape index (κ2) is 7.24. The molecule has 1 aliphatic carbocycles. The lowest BCUT2D eigenvalue weighted by atomic mass is 9.80. The number of hydrogen-bond acceptors (Lipinski definition) is 7. The van der Waals surface area contributed by atoms with E-state index >= 15 is 0 Å². The highest BCUT2D eigenvalue weighted by Gasteiger charge is 2.55. The van der Waals surface area contributed by atoms with E-state index in [2.05, 4.69) is 25.0 Å². The first-order valence-corrected chi connectivity index (χ1v) is 9.96. The van der Waals surface area contributed by atoms with Gasteiger partial charge in [0.1, 0.15) is 17.6 Å². The molecular formula is C21H21FN6O2. The minimum absolute atomic E-state index is 0.273. The zero-order chi connectivity index (χ0) is 20.7. The van der Waals surface area contributed by atoms with Crippen molar-refractivity contribution in [2.45, 2.75) is 30.7 Å². The summed E-state index contributed by atoms with van der Waals surface area (Å²) in [4.78, 5) is 27.3. The van der Waals surface area contributed by atoms with Crippen LogP contribution in [-0.4, -0.2) is 44.0 Å². The predicted octanol–water partition coefficient (Wildman–Crippen LogP) is 2.25. The van der Waals surface area contributed by atoms with Crippen molar-refractivity contribution in [2.75, 3.05) is 13.1 Å². The number of hydrogen-bond donors (Lipinski definition) is 1. The van der Waals surface area contributed by atoms with Crippen LogP contribution in [-0.2, 0) is 10.2 Å². The molecule has 0 unspecified atom stereocenters. The molecule has 2 aliphatic rings. The summed E-state index contributed by atoms with van der Waals surface area (Å²) in [6.07, 6.45) is 7.72. The number of likely N-dealkylation sites (tertiary alicyclic amines) is 1. The zero-order valence-corrected chi connectivity index (χ0v) is 16.2. The van der Waals surface area contributed by atoms with Gasteiger partial charge < -0.3 is 10.3 Å². The molecule has 9 heteroatoms. The van der Waals surface area contributed by atoms with Crippen LogP contribution in [0.2, 0.25) is 0 Å². The fraction of sp³-hybridized carbons (Fsp3) is 0.381. The molecule has 8 nitrogen and oxygen atoms in total. The average Bonchev–Trinajstić information content (AvgIpc) is 3.44. The van der Waals surface area contributed by atoms with Gasteiger partial charge in [-0.2, -0.15) is 4.98 Å². The van der Waals surface area contributed by atoms with Crippen molar-refractivity contribution < 1.29 is 13.7 Å². The summed E-state index contributed by atoms with van der Waals surface area (Å²) in [6, 6.07) is 5.30. The molecule has 5 rings (SSSR count). The van der Waals surface area contributed by atoms with Gasteiger partial charge in [-0.1, -0.05) is 23.7 Å². The second-order valence-electron chi connectivity index (χ2n) is 8.04. The summed E-state index contributed by atoms with van der Waals surface area (Å²) >= 11 is 0. The molecule has 154 valence electrons. The van der Waals surface area contributed by atoms with E-state index in [-0.39, 0.29) is 17.2 Å². The first-order valence-electron chi connectivity index (χ1n) is 9.96. The molecule has 1 saturated heterocycles. The normalized spacial score (nSPS) is 24.6. The molecule has 1 aromatic carbocycles. The summed E-state index contributed by atoms with van der Waals surface area (Å²) in [6.45, 7) is 1.26. The Balaban J connectivity index is 1.47. The van der Waals surface area contributed by atoms with Crippen LogP contribution in [0.5, 0.6) is 0 Å². The fourth-order valence-electron chi connectivity index (χ4n) is 5.02. The highest BCUT2D eigenvalue weighted by atomic mass is 19.1. The third-order valence-corrected chi connectivity index (χ3v) is 6.36. The lowest BCUT2D eigenvalue weighted by Crippen LogP contribution is -2.39. The third-order valence-electron chi connectivity index (χ3n) is 6.36. The van der Waals surface area contributed by atoms with Crippen molar-refractivity contribution in [3.05, 3.63) is 60.1 Å². The molecule has 1 saturated carbocycles. The molecule has 0 radical (unpaired) electrons. The molecule has 2 aromatic heterocycles.